The first kappa shape index (κ1) is 3.31. The highest BCUT2D eigenvalue weighted by Gasteiger charge is 1.94. The van der Waals surface area contributed by atoms with E-state index < -0.39 is 6.85 Å². The summed E-state index contributed by atoms with van der Waals surface area (Å²) in [4.78, 5) is 10.2. The van der Waals surface area contributed by atoms with Crippen LogP contribution in [0.1, 0.15) is 9.94 Å². The van der Waals surface area contributed by atoms with Gasteiger partial charge in [-0.05, 0) is 18.5 Å². The highest BCUT2D eigenvalue weighted by atomic mass is 35.5. The third-order valence-electron chi connectivity index (χ3n) is 0.625. The van der Waals surface area contributed by atoms with Gasteiger partial charge in [-0.15, -0.1) is 0 Å². The third-order valence-corrected chi connectivity index (χ3v) is 0.794. The topological polar surface area (TPSA) is 64.7 Å². The predicted molar refractivity (Wildman–Crippen MR) is 34.0 cm³/mol. The first-order valence-corrected chi connectivity index (χ1v) is 2.45. The van der Waals surface area contributed by atoms with Crippen molar-refractivity contribution in [2.24, 2.45) is 0 Å². The molecule has 0 saturated heterocycles. The Bertz CT molecular complexity index is 279. The number of hydrogen-bond acceptors (Lipinski definition) is 4. The summed E-state index contributed by atoms with van der Waals surface area (Å²) < 4.78 is 20.8. The van der Waals surface area contributed by atoms with Crippen LogP contribution in [0.2, 0.25) is 5.28 Å². The molecule has 0 spiro atoms. The van der Waals surface area contributed by atoms with Crippen LogP contribution >= 0.6 is 11.6 Å². The van der Waals surface area contributed by atoms with Crippen LogP contribution in [-0.4, -0.2) is 15.0 Å². The van der Waals surface area contributed by atoms with Gasteiger partial charge in [-0.3, -0.25) is 0 Å². The van der Waals surface area contributed by atoms with E-state index in [0.717, 1.165) is 0 Å². The van der Waals surface area contributed by atoms with E-state index in [1.165, 1.54) is 0 Å². The first-order valence-electron chi connectivity index (χ1n) is 3.57. The minimum absolute atomic E-state index is 0.193. The van der Waals surface area contributed by atoms with Crippen molar-refractivity contribution in [3.8, 4) is 0 Å². The fourth-order valence-corrected chi connectivity index (χ4v) is 0.532. The van der Waals surface area contributed by atoms with Gasteiger partial charge in [-0.1, -0.05) is 0 Å². The van der Waals surface area contributed by atoms with Gasteiger partial charge in [-0.2, -0.15) is 9.97 Å². The smallest absolute Gasteiger partial charge is 0.227 e. The number of rotatable bonds is 0. The Morgan fingerprint density at radius 2 is 2.33 bits per heavy atom. The molecule has 1 aromatic rings. The maximum atomic E-state index is 6.93. The van der Waals surface area contributed by atoms with E-state index in [4.69, 9.17) is 21.4 Å². The van der Waals surface area contributed by atoms with Crippen LogP contribution < -0.4 is 5.73 Å². The predicted octanol–water partition coefficient (Wildman–Crippen LogP) is 0.416. The third kappa shape index (κ3) is 1.50. The lowest BCUT2D eigenvalue weighted by Gasteiger charge is -1.92. The van der Waals surface area contributed by atoms with Gasteiger partial charge in [0.15, 0.2) is 0 Å². The van der Waals surface area contributed by atoms with Crippen molar-refractivity contribution < 1.29 is 4.11 Å². The number of hydrogen-bond donors (Lipinski definition) is 1. The zero-order chi connectivity index (χ0) is 9.35. The van der Waals surface area contributed by atoms with Gasteiger partial charge in [0.1, 0.15) is 5.82 Å². The fourth-order valence-electron chi connectivity index (χ4n) is 0.365. The fraction of sp³-hybridized carbons (Fsp3) is 0.250. The Balaban J connectivity index is 3.18. The van der Waals surface area contributed by atoms with Gasteiger partial charge >= 0.3 is 0 Å². The highest BCUT2D eigenvalue weighted by molar-refractivity contribution is 6.28. The van der Waals surface area contributed by atoms with Crippen LogP contribution in [0.5, 0.6) is 0 Å². The van der Waals surface area contributed by atoms with Crippen LogP contribution in [0.15, 0.2) is 0 Å². The molecular formula is C4H5ClN4. The zero-order valence-corrected chi connectivity index (χ0v) is 5.05. The number of nitrogens with zero attached hydrogens (tertiary/aromatic N) is 3. The molecule has 0 saturated carbocycles. The molecule has 1 rings (SSSR count). The van der Waals surface area contributed by atoms with Crippen LogP contribution in [0, 0.1) is 6.85 Å². The molecule has 9 heavy (non-hydrogen) atoms. The van der Waals surface area contributed by atoms with Crippen molar-refractivity contribution in [1.29, 1.82) is 0 Å². The van der Waals surface area contributed by atoms with Gasteiger partial charge in [-0.25, -0.2) is 4.98 Å². The second-order valence-corrected chi connectivity index (χ2v) is 1.62. The summed E-state index contributed by atoms with van der Waals surface area (Å²) >= 11 is 5.36. The molecule has 0 aliphatic carbocycles. The Morgan fingerprint density at radius 3 is 2.89 bits per heavy atom. The lowest BCUT2D eigenvalue weighted by atomic mass is 10.7. The molecule has 0 bridgehead atoms. The number of aryl methyl sites for hydroxylation is 1. The second kappa shape index (κ2) is 2.14. The minimum atomic E-state index is -2.40. The molecule has 0 aromatic carbocycles. The lowest BCUT2D eigenvalue weighted by Crippen LogP contribution is -1.98. The molecule has 5 heteroatoms. The van der Waals surface area contributed by atoms with Crippen molar-refractivity contribution in [2.45, 2.75) is 6.85 Å². The van der Waals surface area contributed by atoms with Crippen molar-refractivity contribution in [3.05, 3.63) is 11.1 Å². The van der Waals surface area contributed by atoms with E-state index in [0.29, 0.717) is 0 Å². The van der Waals surface area contributed by atoms with E-state index in [1.54, 1.807) is 0 Å². The summed E-state index contributed by atoms with van der Waals surface area (Å²) in [7, 11) is 0. The Hall–Kier alpha value is -0.900. The number of aromatic nitrogens is 3. The Morgan fingerprint density at radius 1 is 1.56 bits per heavy atom. The molecule has 48 valence electrons. The van der Waals surface area contributed by atoms with Crippen LogP contribution in [0.25, 0.3) is 0 Å². The summed E-state index contributed by atoms with van der Waals surface area (Å²) in [6, 6.07) is 0. The molecule has 0 radical (unpaired) electrons. The molecule has 0 amide bonds. The van der Waals surface area contributed by atoms with Gasteiger partial charge in [0, 0.05) is 4.11 Å². The molecule has 2 N–H and O–H groups in total. The van der Waals surface area contributed by atoms with Crippen molar-refractivity contribution >= 4 is 17.5 Å². The average Bonchev–Trinajstić information content (AvgIpc) is 1.82. The first-order chi connectivity index (χ1) is 5.39. The molecule has 4 nitrogen and oxygen atoms in total. The number of nitrogen functional groups attached to an aromatic ring is 1. The molecular weight excluding hydrogens is 140 g/mol. The molecule has 0 aliphatic rings. The molecule has 0 aliphatic heterocycles. The summed E-state index contributed by atoms with van der Waals surface area (Å²) in [6.07, 6.45) is 0. The standard InChI is InChI=1S/C4H5ClN4/c1-2-7-3(5)9-4(6)8-2/h1H3,(H2,6,7,8,9)/i1D3. The maximum Gasteiger partial charge on any atom is 0.227 e. The van der Waals surface area contributed by atoms with Crippen LogP contribution in [0.4, 0.5) is 5.95 Å². The molecule has 1 heterocycles. The zero-order valence-electron chi connectivity index (χ0n) is 7.30. The SMILES string of the molecule is [2H]C([2H])([2H])c1nc(N)nc(Cl)n1. The molecule has 0 fully saturated rings. The number of anilines is 1. The van der Waals surface area contributed by atoms with Crippen molar-refractivity contribution in [2.75, 3.05) is 5.73 Å². The van der Waals surface area contributed by atoms with Crippen LogP contribution in [-0.2, 0) is 0 Å². The van der Waals surface area contributed by atoms with Crippen molar-refractivity contribution in [3.63, 3.8) is 0 Å². The van der Waals surface area contributed by atoms with E-state index in [-0.39, 0.29) is 17.1 Å². The quantitative estimate of drug-likeness (QED) is 0.578. The van der Waals surface area contributed by atoms with Gasteiger partial charge in [0.2, 0.25) is 11.2 Å². The lowest BCUT2D eigenvalue weighted by molar-refractivity contribution is 0.989. The monoisotopic (exact) mass is 147 g/mol. The van der Waals surface area contributed by atoms with Gasteiger partial charge < -0.3 is 5.73 Å². The van der Waals surface area contributed by atoms with E-state index in [2.05, 4.69) is 15.0 Å². The molecule has 1 aromatic heterocycles. The minimum Gasteiger partial charge on any atom is -0.368 e. The van der Waals surface area contributed by atoms with E-state index in [1.807, 2.05) is 0 Å². The van der Waals surface area contributed by atoms with Gasteiger partial charge in [0.25, 0.3) is 0 Å². The maximum absolute atomic E-state index is 6.93. The van der Waals surface area contributed by atoms with Gasteiger partial charge in [0.05, 0.1) is 0 Å². The average molecular weight is 148 g/mol. The Kier molecular flexibility index (Phi) is 0.790. The largest absolute Gasteiger partial charge is 0.368 e. The summed E-state index contributed by atoms with van der Waals surface area (Å²) in [5.74, 6) is -0.582. The summed E-state index contributed by atoms with van der Waals surface area (Å²) in [5, 5.41) is -0.214. The molecule has 0 atom stereocenters. The molecule has 0 unspecified atom stereocenters. The second-order valence-electron chi connectivity index (χ2n) is 1.29. The normalized spacial score (nSPS) is 15.9. The van der Waals surface area contributed by atoms with E-state index >= 15 is 0 Å². The summed E-state index contributed by atoms with van der Waals surface area (Å²) in [5.41, 5.74) is 5.16. The van der Waals surface area contributed by atoms with Crippen LogP contribution in [0.3, 0.4) is 0 Å². The highest BCUT2D eigenvalue weighted by Crippen LogP contribution is 2.00. The van der Waals surface area contributed by atoms with E-state index in [9.17, 15) is 0 Å². The summed E-state index contributed by atoms with van der Waals surface area (Å²) in [6.45, 7) is -2.40. The number of halogens is 1. The number of nitrogens with two attached hydrogens (primary N) is 1. The Labute approximate surface area is 61.3 Å². The van der Waals surface area contributed by atoms with Crippen molar-refractivity contribution in [1.82, 2.24) is 15.0 Å².